The van der Waals surface area contributed by atoms with Gasteiger partial charge in [0.05, 0.1) is 11.9 Å². The van der Waals surface area contributed by atoms with E-state index in [0.717, 1.165) is 0 Å². The van der Waals surface area contributed by atoms with Gasteiger partial charge >= 0.3 is 15.6 Å². The Morgan fingerprint density at radius 1 is 1.20 bits per heavy atom. The second kappa shape index (κ2) is 4.96. The average molecular weight is 313 g/mol. The molecule has 0 radical (unpaired) electrons. The lowest BCUT2D eigenvalue weighted by atomic mass is 10.2. The highest BCUT2D eigenvalue weighted by Gasteiger charge is 2.49. The van der Waals surface area contributed by atoms with Crippen LogP contribution in [0, 0.1) is 0 Å². The molecule has 0 N–H and O–H groups in total. The van der Waals surface area contributed by atoms with Crippen LogP contribution in [-0.4, -0.2) is 30.8 Å². The zero-order valence-corrected chi connectivity index (χ0v) is 9.82. The number of hydrogen-bond donors (Lipinski definition) is 0. The smallest absolute Gasteiger partial charge is 0.534 e. The third-order valence-corrected chi connectivity index (χ3v) is 2.75. The first kappa shape index (κ1) is 15.7. The Kier molecular flexibility index (Phi) is 3.89. The number of carboxylic acid groups (broad SMARTS) is 2. The molecule has 0 aliphatic carbocycles. The first-order valence-electron chi connectivity index (χ1n) is 4.40. The summed E-state index contributed by atoms with van der Waals surface area (Å²) in [5.41, 5.74) is -8.57. The Morgan fingerprint density at radius 3 is 2.15 bits per heavy atom. The van der Waals surface area contributed by atoms with E-state index < -0.39 is 44.6 Å². The SMILES string of the molecule is O=C([O-])c1ccnc(C(=O)[O-])c1OS(=O)(=O)C(F)(F)F. The van der Waals surface area contributed by atoms with Gasteiger partial charge in [0.1, 0.15) is 5.69 Å². The van der Waals surface area contributed by atoms with Crippen molar-refractivity contribution in [1.82, 2.24) is 4.98 Å². The highest BCUT2D eigenvalue weighted by atomic mass is 32.2. The fourth-order valence-corrected chi connectivity index (χ4v) is 1.48. The number of nitrogens with zero attached hydrogens (tertiary/aromatic N) is 1. The molecule has 0 saturated heterocycles. The van der Waals surface area contributed by atoms with Crippen molar-refractivity contribution in [2.24, 2.45) is 0 Å². The number of aromatic nitrogens is 1. The Bertz CT molecular complexity index is 635. The van der Waals surface area contributed by atoms with E-state index in [1.54, 1.807) is 0 Å². The first-order chi connectivity index (χ1) is 8.97. The molecular formula is C8H2F3NO7S-2. The summed E-state index contributed by atoms with van der Waals surface area (Å²) in [4.78, 5) is 24.2. The summed E-state index contributed by atoms with van der Waals surface area (Å²) in [6.07, 6.45) is 0.587. The van der Waals surface area contributed by atoms with Crippen molar-refractivity contribution in [3.8, 4) is 5.75 Å². The van der Waals surface area contributed by atoms with Gasteiger partial charge in [0.2, 0.25) is 0 Å². The van der Waals surface area contributed by atoms with Crippen LogP contribution in [0.2, 0.25) is 0 Å². The van der Waals surface area contributed by atoms with Crippen molar-refractivity contribution in [2.45, 2.75) is 5.51 Å². The zero-order valence-electron chi connectivity index (χ0n) is 9.00. The number of aromatic carboxylic acids is 2. The molecule has 0 atom stereocenters. The summed E-state index contributed by atoms with van der Waals surface area (Å²) in [5, 5.41) is 21.2. The van der Waals surface area contributed by atoms with E-state index in [1.165, 1.54) is 0 Å². The summed E-state index contributed by atoms with van der Waals surface area (Å²) in [5.74, 6) is -6.05. The molecule has 1 rings (SSSR count). The Morgan fingerprint density at radius 2 is 1.75 bits per heavy atom. The highest BCUT2D eigenvalue weighted by Crippen LogP contribution is 2.30. The molecule has 1 aromatic rings. The minimum absolute atomic E-state index is 0.503. The monoisotopic (exact) mass is 313 g/mol. The molecule has 0 fully saturated rings. The van der Waals surface area contributed by atoms with Gasteiger partial charge in [-0.1, -0.05) is 0 Å². The molecule has 0 bridgehead atoms. The summed E-state index contributed by atoms with van der Waals surface area (Å²) in [7, 11) is -6.29. The van der Waals surface area contributed by atoms with Crippen molar-refractivity contribution < 1.29 is 45.6 Å². The van der Waals surface area contributed by atoms with E-state index in [-0.39, 0.29) is 0 Å². The van der Waals surface area contributed by atoms with Crippen molar-refractivity contribution in [3.05, 3.63) is 23.5 Å². The van der Waals surface area contributed by atoms with Gasteiger partial charge in [0.15, 0.2) is 5.75 Å². The predicted octanol–water partition coefficient (Wildman–Crippen LogP) is -1.96. The van der Waals surface area contributed by atoms with Crippen LogP contribution in [0.5, 0.6) is 5.75 Å². The number of pyridine rings is 1. The molecule has 12 heteroatoms. The predicted molar refractivity (Wildman–Crippen MR) is 48.5 cm³/mol. The van der Waals surface area contributed by atoms with E-state index in [2.05, 4.69) is 9.17 Å². The van der Waals surface area contributed by atoms with Crippen molar-refractivity contribution in [2.75, 3.05) is 0 Å². The van der Waals surface area contributed by atoms with Crippen LogP contribution in [0.3, 0.4) is 0 Å². The molecular weight excluding hydrogens is 311 g/mol. The van der Waals surface area contributed by atoms with E-state index in [9.17, 15) is 41.4 Å². The maximum atomic E-state index is 12.1. The van der Waals surface area contributed by atoms with Gasteiger partial charge in [-0.15, -0.1) is 0 Å². The van der Waals surface area contributed by atoms with Crippen LogP contribution in [0.4, 0.5) is 13.2 Å². The Labute approximate surface area is 108 Å². The van der Waals surface area contributed by atoms with E-state index in [4.69, 9.17) is 0 Å². The quantitative estimate of drug-likeness (QED) is 0.461. The average Bonchev–Trinajstić information content (AvgIpc) is 2.26. The molecule has 8 nitrogen and oxygen atoms in total. The molecule has 0 amide bonds. The number of carbonyl (C=O) groups is 2. The molecule has 1 heterocycles. The van der Waals surface area contributed by atoms with Crippen LogP contribution < -0.4 is 14.4 Å². The second-order valence-electron chi connectivity index (χ2n) is 3.09. The fourth-order valence-electron chi connectivity index (χ4n) is 0.996. The van der Waals surface area contributed by atoms with Crippen LogP contribution in [0.15, 0.2) is 12.3 Å². The molecule has 0 aromatic carbocycles. The largest absolute Gasteiger partial charge is 0.545 e. The summed E-state index contributed by atoms with van der Waals surface area (Å²) < 4.78 is 61.4. The maximum Gasteiger partial charge on any atom is 0.534 e. The number of alkyl halides is 3. The second-order valence-corrected chi connectivity index (χ2v) is 4.63. The minimum atomic E-state index is -6.29. The van der Waals surface area contributed by atoms with Crippen LogP contribution in [0.1, 0.15) is 20.8 Å². The first-order valence-corrected chi connectivity index (χ1v) is 5.80. The molecule has 1 aromatic heterocycles. The Hall–Kier alpha value is -2.37. The molecule has 110 valence electrons. The minimum Gasteiger partial charge on any atom is -0.545 e. The lowest BCUT2D eigenvalue weighted by molar-refractivity contribution is -0.255. The number of hydrogen-bond acceptors (Lipinski definition) is 8. The standard InChI is InChI=1S/C8H4F3NO7S/c9-8(10,11)20(17,18)19-5-3(6(13)14)1-2-12-4(5)7(15)16/h1-2H,(H,13,14)(H,15,16)/p-2. The number of carboxylic acids is 2. The number of rotatable bonds is 4. The molecule has 0 aliphatic heterocycles. The zero-order chi connectivity index (χ0) is 15.7. The lowest BCUT2D eigenvalue weighted by Gasteiger charge is -2.16. The molecule has 0 unspecified atom stereocenters. The van der Waals surface area contributed by atoms with Gasteiger partial charge in [-0.25, -0.2) is 0 Å². The third-order valence-electron chi connectivity index (χ3n) is 1.79. The fraction of sp³-hybridized carbons (Fsp3) is 0.125. The van der Waals surface area contributed by atoms with Crippen LogP contribution in [-0.2, 0) is 10.1 Å². The molecule has 0 saturated carbocycles. The maximum absolute atomic E-state index is 12.1. The van der Waals surface area contributed by atoms with E-state index >= 15 is 0 Å². The van der Waals surface area contributed by atoms with Gasteiger partial charge in [0.25, 0.3) is 0 Å². The van der Waals surface area contributed by atoms with Gasteiger partial charge in [-0.3, -0.25) is 4.98 Å². The van der Waals surface area contributed by atoms with Gasteiger partial charge < -0.3 is 24.0 Å². The van der Waals surface area contributed by atoms with Crippen molar-refractivity contribution in [1.29, 1.82) is 0 Å². The van der Waals surface area contributed by atoms with Crippen LogP contribution >= 0.6 is 0 Å². The third kappa shape index (κ3) is 2.96. The van der Waals surface area contributed by atoms with Gasteiger partial charge in [0, 0.05) is 11.8 Å². The van der Waals surface area contributed by atoms with Crippen molar-refractivity contribution >= 4 is 22.1 Å². The highest BCUT2D eigenvalue weighted by molar-refractivity contribution is 7.88. The van der Waals surface area contributed by atoms with E-state index in [1.807, 2.05) is 0 Å². The van der Waals surface area contributed by atoms with Crippen LogP contribution in [0.25, 0.3) is 0 Å². The number of halogens is 3. The topological polar surface area (TPSA) is 137 Å². The van der Waals surface area contributed by atoms with E-state index in [0.29, 0.717) is 12.3 Å². The summed E-state index contributed by atoms with van der Waals surface area (Å²) >= 11 is 0. The van der Waals surface area contributed by atoms with Gasteiger partial charge in [-0.2, -0.15) is 21.6 Å². The normalized spacial score (nSPS) is 11.9. The summed E-state index contributed by atoms with van der Waals surface area (Å²) in [6, 6.07) is 0.503. The molecule has 20 heavy (non-hydrogen) atoms. The van der Waals surface area contributed by atoms with Gasteiger partial charge in [-0.05, 0) is 6.07 Å². The number of carbonyl (C=O) groups excluding carboxylic acids is 2. The molecule has 0 aliphatic rings. The summed E-state index contributed by atoms with van der Waals surface area (Å²) in [6.45, 7) is 0. The Balaban J connectivity index is 3.51. The molecule has 0 spiro atoms. The van der Waals surface area contributed by atoms with Crippen molar-refractivity contribution in [3.63, 3.8) is 0 Å². The lowest BCUT2D eigenvalue weighted by Crippen LogP contribution is -2.33.